The molecule has 0 aromatic carbocycles. The van der Waals surface area contributed by atoms with Crippen LogP contribution in [0.3, 0.4) is 0 Å². The van der Waals surface area contributed by atoms with Crippen molar-refractivity contribution in [3.63, 3.8) is 0 Å². The maximum absolute atomic E-state index is 4.39. The van der Waals surface area contributed by atoms with Crippen LogP contribution in [0.15, 0.2) is 36.9 Å². The van der Waals surface area contributed by atoms with E-state index in [2.05, 4.69) is 33.3 Å². The third kappa shape index (κ3) is 3.11. The molecule has 0 spiro atoms. The van der Waals surface area contributed by atoms with Crippen molar-refractivity contribution >= 4 is 0 Å². The van der Waals surface area contributed by atoms with Crippen LogP contribution in [0.1, 0.15) is 36.3 Å². The van der Waals surface area contributed by atoms with Gasteiger partial charge in [0, 0.05) is 24.3 Å². The molecule has 0 amide bonds. The Hall–Kier alpha value is -1.81. The highest BCUT2D eigenvalue weighted by atomic mass is 14.9. The van der Waals surface area contributed by atoms with Crippen LogP contribution >= 0.6 is 0 Å². The minimum absolute atomic E-state index is 0.0837. The van der Waals surface area contributed by atoms with Crippen LogP contribution < -0.4 is 5.32 Å². The fourth-order valence-electron chi connectivity index (χ4n) is 1.89. The summed E-state index contributed by atoms with van der Waals surface area (Å²) in [7, 11) is 0. The summed E-state index contributed by atoms with van der Waals surface area (Å²) in [6.07, 6.45) is 8.15. The van der Waals surface area contributed by atoms with E-state index < -0.39 is 0 Å². The summed E-state index contributed by atoms with van der Waals surface area (Å²) < 4.78 is 0. The number of nitrogens with one attached hydrogen (secondary N) is 1. The van der Waals surface area contributed by atoms with Crippen molar-refractivity contribution in [2.45, 2.75) is 26.3 Å². The SMILES string of the molecule is CCCNC(c1ccnc(C)c1)c1cnccn1. The van der Waals surface area contributed by atoms with Gasteiger partial charge < -0.3 is 5.32 Å². The number of hydrogen-bond donors (Lipinski definition) is 1. The number of aromatic nitrogens is 3. The fraction of sp³-hybridized carbons (Fsp3) is 0.357. The smallest absolute Gasteiger partial charge is 0.0801 e. The third-order valence-corrected chi connectivity index (χ3v) is 2.73. The average Bonchev–Trinajstić information content (AvgIpc) is 2.40. The Labute approximate surface area is 108 Å². The molecule has 2 rings (SSSR count). The van der Waals surface area contributed by atoms with Crippen molar-refractivity contribution in [1.29, 1.82) is 0 Å². The lowest BCUT2D eigenvalue weighted by atomic mass is 10.0. The van der Waals surface area contributed by atoms with Crippen molar-refractivity contribution in [2.24, 2.45) is 0 Å². The van der Waals surface area contributed by atoms with E-state index in [0.29, 0.717) is 0 Å². The Kier molecular flexibility index (Phi) is 4.36. The fourth-order valence-corrected chi connectivity index (χ4v) is 1.89. The van der Waals surface area contributed by atoms with E-state index in [-0.39, 0.29) is 6.04 Å². The summed E-state index contributed by atoms with van der Waals surface area (Å²) in [5.74, 6) is 0. The van der Waals surface area contributed by atoms with E-state index in [4.69, 9.17) is 0 Å². The van der Waals surface area contributed by atoms with Gasteiger partial charge in [-0.3, -0.25) is 15.0 Å². The molecule has 1 unspecified atom stereocenters. The molecule has 1 N–H and O–H groups in total. The zero-order valence-corrected chi connectivity index (χ0v) is 10.8. The Morgan fingerprint density at radius 3 is 2.78 bits per heavy atom. The monoisotopic (exact) mass is 242 g/mol. The molecule has 0 fully saturated rings. The Bertz CT molecular complexity index is 484. The van der Waals surface area contributed by atoms with Crippen LogP contribution in [0, 0.1) is 6.92 Å². The van der Waals surface area contributed by atoms with Gasteiger partial charge in [-0.2, -0.15) is 0 Å². The van der Waals surface area contributed by atoms with Crippen LogP contribution in [0.25, 0.3) is 0 Å². The second-order valence-corrected chi connectivity index (χ2v) is 4.25. The van der Waals surface area contributed by atoms with Gasteiger partial charge in [-0.1, -0.05) is 6.92 Å². The molecule has 0 aliphatic heterocycles. The van der Waals surface area contributed by atoms with Crippen LogP contribution in [0.5, 0.6) is 0 Å². The first-order valence-corrected chi connectivity index (χ1v) is 6.23. The lowest BCUT2D eigenvalue weighted by molar-refractivity contribution is 0.583. The van der Waals surface area contributed by atoms with E-state index in [1.165, 1.54) is 5.56 Å². The van der Waals surface area contributed by atoms with Gasteiger partial charge >= 0.3 is 0 Å². The highest BCUT2D eigenvalue weighted by Gasteiger charge is 2.14. The van der Waals surface area contributed by atoms with Crippen LogP contribution in [-0.4, -0.2) is 21.5 Å². The first kappa shape index (κ1) is 12.6. The van der Waals surface area contributed by atoms with Crippen LogP contribution in [0.2, 0.25) is 0 Å². The molecule has 0 radical (unpaired) electrons. The van der Waals surface area contributed by atoms with Gasteiger partial charge in [0.05, 0.1) is 17.9 Å². The molecule has 0 saturated heterocycles. The molecule has 94 valence electrons. The van der Waals surface area contributed by atoms with Crippen molar-refractivity contribution in [1.82, 2.24) is 20.3 Å². The van der Waals surface area contributed by atoms with Crippen molar-refractivity contribution in [3.05, 3.63) is 53.9 Å². The summed E-state index contributed by atoms with van der Waals surface area (Å²) >= 11 is 0. The Balaban J connectivity index is 2.31. The lowest BCUT2D eigenvalue weighted by Crippen LogP contribution is -2.24. The molecule has 2 heterocycles. The molecule has 4 nitrogen and oxygen atoms in total. The molecular formula is C14H18N4. The van der Waals surface area contributed by atoms with E-state index in [1.807, 2.05) is 25.4 Å². The second kappa shape index (κ2) is 6.21. The molecule has 4 heteroatoms. The minimum atomic E-state index is 0.0837. The van der Waals surface area contributed by atoms with E-state index in [9.17, 15) is 0 Å². The highest BCUT2D eigenvalue weighted by Crippen LogP contribution is 2.19. The highest BCUT2D eigenvalue weighted by molar-refractivity contribution is 5.26. The molecule has 0 aliphatic carbocycles. The lowest BCUT2D eigenvalue weighted by Gasteiger charge is -2.18. The number of rotatable bonds is 5. The molecule has 0 aliphatic rings. The van der Waals surface area contributed by atoms with Gasteiger partial charge in [0.25, 0.3) is 0 Å². The molecule has 0 saturated carbocycles. The number of nitrogens with zero attached hydrogens (tertiary/aromatic N) is 3. The van der Waals surface area contributed by atoms with E-state index in [0.717, 1.165) is 24.4 Å². The maximum Gasteiger partial charge on any atom is 0.0801 e. The van der Waals surface area contributed by atoms with Crippen molar-refractivity contribution in [2.75, 3.05) is 6.54 Å². The Morgan fingerprint density at radius 1 is 1.22 bits per heavy atom. The second-order valence-electron chi connectivity index (χ2n) is 4.25. The zero-order valence-electron chi connectivity index (χ0n) is 10.8. The average molecular weight is 242 g/mol. The van der Waals surface area contributed by atoms with Crippen molar-refractivity contribution in [3.8, 4) is 0 Å². The first-order valence-electron chi connectivity index (χ1n) is 6.23. The summed E-state index contributed by atoms with van der Waals surface area (Å²) in [6, 6.07) is 4.19. The number of aryl methyl sites for hydroxylation is 1. The standard InChI is InChI=1S/C14H18N4/c1-3-5-18-14(13-10-15-7-8-17-13)12-4-6-16-11(2)9-12/h4,6-10,14,18H,3,5H2,1-2H3. The summed E-state index contributed by atoms with van der Waals surface area (Å²) in [6.45, 7) is 5.10. The quantitative estimate of drug-likeness (QED) is 0.873. The predicted molar refractivity (Wildman–Crippen MR) is 71.1 cm³/mol. The summed E-state index contributed by atoms with van der Waals surface area (Å²) in [5, 5.41) is 3.50. The Morgan fingerprint density at radius 2 is 2.11 bits per heavy atom. The molecular weight excluding hydrogens is 224 g/mol. The first-order chi connectivity index (χ1) is 8.81. The summed E-state index contributed by atoms with van der Waals surface area (Å²) in [5.41, 5.74) is 3.13. The molecule has 18 heavy (non-hydrogen) atoms. The van der Waals surface area contributed by atoms with E-state index in [1.54, 1.807) is 12.4 Å². The van der Waals surface area contributed by atoms with Gasteiger partial charge in [-0.25, -0.2) is 0 Å². The minimum Gasteiger partial charge on any atom is -0.305 e. The maximum atomic E-state index is 4.39. The normalized spacial score (nSPS) is 12.3. The molecule has 0 bridgehead atoms. The predicted octanol–water partition coefficient (Wildman–Crippen LogP) is 2.27. The third-order valence-electron chi connectivity index (χ3n) is 2.73. The zero-order chi connectivity index (χ0) is 12.8. The van der Waals surface area contributed by atoms with E-state index >= 15 is 0 Å². The number of hydrogen-bond acceptors (Lipinski definition) is 4. The van der Waals surface area contributed by atoms with Gasteiger partial charge in [0.2, 0.25) is 0 Å². The van der Waals surface area contributed by atoms with Gasteiger partial charge in [0.1, 0.15) is 0 Å². The van der Waals surface area contributed by atoms with Gasteiger partial charge in [-0.05, 0) is 37.6 Å². The van der Waals surface area contributed by atoms with Crippen LogP contribution in [0.4, 0.5) is 0 Å². The van der Waals surface area contributed by atoms with Gasteiger partial charge in [-0.15, -0.1) is 0 Å². The van der Waals surface area contributed by atoms with Crippen molar-refractivity contribution < 1.29 is 0 Å². The number of pyridine rings is 1. The molecule has 2 aromatic heterocycles. The van der Waals surface area contributed by atoms with Crippen LogP contribution in [-0.2, 0) is 0 Å². The van der Waals surface area contributed by atoms with Gasteiger partial charge in [0.15, 0.2) is 0 Å². The molecule has 2 aromatic rings. The topological polar surface area (TPSA) is 50.7 Å². The molecule has 1 atom stereocenters. The largest absolute Gasteiger partial charge is 0.305 e. The summed E-state index contributed by atoms with van der Waals surface area (Å²) in [4.78, 5) is 12.8.